The zero-order valence-electron chi connectivity index (χ0n) is 24.2. The van der Waals surface area contributed by atoms with Gasteiger partial charge in [-0.1, -0.05) is 36.4 Å². The molecule has 1 heterocycles. The van der Waals surface area contributed by atoms with Gasteiger partial charge in [0.15, 0.2) is 0 Å². The number of ether oxygens (including phenoxy) is 1. The molecule has 8 nitrogen and oxygen atoms in total. The van der Waals surface area contributed by atoms with Crippen LogP contribution in [0.2, 0.25) is 0 Å². The van der Waals surface area contributed by atoms with Gasteiger partial charge in [0.25, 0.3) is 0 Å². The van der Waals surface area contributed by atoms with Crippen molar-refractivity contribution in [2.45, 2.75) is 59.2 Å². The van der Waals surface area contributed by atoms with E-state index in [-0.39, 0.29) is 24.1 Å². The summed E-state index contributed by atoms with van der Waals surface area (Å²) < 4.78 is 5.40. The Morgan fingerprint density at radius 2 is 1.82 bits per heavy atom. The largest absolute Gasteiger partial charge is 0.447 e. The first-order chi connectivity index (χ1) is 17.9. The molecule has 1 aliphatic rings. The fourth-order valence-electron chi connectivity index (χ4n) is 4.91. The maximum Gasteiger partial charge on any atom is 0.410 e. The lowest BCUT2D eigenvalue weighted by Gasteiger charge is -2.40. The Balaban J connectivity index is 2.50. The number of piperazine rings is 1. The molecule has 1 N–H and O–H groups in total. The molecular formula is C30H45N5O3. The highest BCUT2D eigenvalue weighted by atomic mass is 16.6. The predicted octanol–water partition coefficient (Wildman–Crippen LogP) is 4.79. The average molecular weight is 524 g/mol. The number of likely N-dealkylation sites (N-methyl/N-ethyl adjacent to an activating group) is 1. The Bertz CT molecular complexity index is 1070. The molecule has 2 atom stereocenters. The average Bonchev–Trinajstić information content (AvgIpc) is 2.85. The molecule has 2 amide bonds. The number of hydrogen-bond donors (Lipinski definition) is 1. The van der Waals surface area contributed by atoms with Crippen LogP contribution in [0.15, 0.2) is 53.8 Å². The number of amides is 2. The van der Waals surface area contributed by atoms with E-state index in [0.717, 1.165) is 40.1 Å². The van der Waals surface area contributed by atoms with E-state index in [4.69, 9.17) is 4.74 Å². The second kappa shape index (κ2) is 14.0. The highest BCUT2D eigenvalue weighted by molar-refractivity contribution is 5.81. The summed E-state index contributed by atoms with van der Waals surface area (Å²) >= 11 is 0. The Hall–Kier alpha value is -3.39. The lowest BCUT2D eigenvalue weighted by atomic mass is 9.87. The Labute approximate surface area is 228 Å². The smallest absolute Gasteiger partial charge is 0.410 e. The normalized spacial score (nSPS) is 16.3. The molecule has 208 valence electrons. The van der Waals surface area contributed by atoms with Crippen LogP contribution in [-0.4, -0.2) is 85.8 Å². The predicted molar refractivity (Wildman–Crippen MR) is 156 cm³/mol. The summed E-state index contributed by atoms with van der Waals surface area (Å²) in [5, 5.41) is 3.09. The van der Waals surface area contributed by atoms with Crippen LogP contribution >= 0.6 is 0 Å². The van der Waals surface area contributed by atoms with E-state index in [1.807, 2.05) is 45.8 Å². The molecule has 2 unspecified atom stereocenters. The Kier molecular flexibility index (Phi) is 11.3. The van der Waals surface area contributed by atoms with Crippen molar-refractivity contribution in [2.24, 2.45) is 4.99 Å². The van der Waals surface area contributed by atoms with Crippen LogP contribution in [0.5, 0.6) is 0 Å². The second-order valence-corrected chi connectivity index (χ2v) is 10.3. The Morgan fingerprint density at radius 3 is 2.32 bits per heavy atom. The van der Waals surface area contributed by atoms with Gasteiger partial charge in [0, 0.05) is 53.2 Å². The molecule has 1 aliphatic heterocycles. The van der Waals surface area contributed by atoms with Crippen LogP contribution in [0.3, 0.4) is 0 Å². The standard InChI is InChI=1S/C30H45N5O3/c1-11-12-27(34-15-17-35(18-16-34)30(37)38-20(2)3)25-14-13-21(4)19-26(25)22(5)28(32-24(7)36)29(33(9)10)23(6)31-8/h11,13-14,19-20,27-28H,1,5,8,12,15-18H2,2-4,6-7,9-10H3,(H,32,36)/b29-23-. The van der Waals surface area contributed by atoms with Crippen molar-refractivity contribution in [1.29, 1.82) is 0 Å². The van der Waals surface area contributed by atoms with Crippen molar-refractivity contribution in [3.05, 3.63) is 65.5 Å². The van der Waals surface area contributed by atoms with E-state index in [1.165, 1.54) is 6.92 Å². The number of aliphatic imine (C=N–C) groups is 1. The van der Waals surface area contributed by atoms with Crippen LogP contribution in [0.25, 0.3) is 5.57 Å². The van der Waals surface area contributed by atoms with Crippen LogP contribution in [0.4, 0.5) is 4.79 Å². The fraction of sp³-hybridized carbons (Fsp3) is 0.500. The lowest BCUT2D eigenvalue weighted by molar-refractivity contribution is -0.119. The van der Waals surface area contributed by atoms with Gasteiger partial charge in [0.1, 0.15) is 0 Å². The first-order valence-electron chi connectivity index (χ1n) is 13.1. The monoisotopic (exact) mass is 523 g/mol. The third kappa shape index (κ3) is 7.81. The van der Waals surface area contributed by atoms with E-state index >= 15 is 0 Å². The maximum absolute atomic E-state index is 12.4. The van der Waals surface area contributed by atoms with Crippen molar-refractivity contribution in [1.82, 2.24) is 20.0 Å². The molecular weight excluding hydrogens is 478 g/mol. The van der Waals surface area contributed by atoms with E-state index < -0.39 is 6.04 Å². The first-order valence-corrected chi connectivity index (χ1v) is 13.1. The zero-order valence-corrected chi connectivity index (χ0v) is 24.2. The minimum atomic E-state index is -0.486. The quantitative estimate of drug-likeness (QED) is 0.333. The third-order valence-electron chi connectivity index (χ3n) is 6.71. The molecule has 0 bridgehead atoms. The molecule has 1 aromatic carbocycles. The van der Waals surface area contributed by atoms with Crippen molar-refractivity contribution < 1.29 is 14.3 Å². The Morgan fingerprint density at radius 1 is 1.18 bits per heavy atom. The van der Waals surface area contributed by atoms with Crippen LogP contribution in [-0.2, 0) is 9.53 Å². The minimum absolute atomic E-state index is 0.0338. The molecule has 2 rings (SSSR count). The summed E-state index contributed by atoms with van der Waals surface area (Å²) in [6.07, 6.45) is 2.25. The molecule has 0 aliphatic carbocycles. The number of aryl methyl sites for hydroxylation is 1. The number of allylic oxidation sites excluding steroid dienone is 1. The van der Waals surface area contributed by atoms with Gasteiger partial charge >= 0.3 is 6.09 Å². The second-order valence-electron chi connectivity index (χ2n) is 10.3. The molecule has 1 aromatic rings. The van der Waals surface area contributed by atoms with Gasteiger partial charge < -0.3 is 19.9 Å². The van der Waals surface area contributed by atoms with Gasteiger partial charge in [-0.05, 0) is 57.5 Å². The number of benzene rings is 1. The summed E-state index contributed by atoms with van der Waals surface area (Å²) in [5.74, 6) is -0.159. The van der Waals surface area contributed by atoms with E-state index in [9.17, 15) is 9.59 Å². The number of hydrogen-bond acceptors (Lipinski definition) is 6. The molecule has 0 aromatic heterocycles. The molecule has 0 radical (unpaired) electrons. The van der Waals surface area contributed by atoms with Gasteiger partial charge in [0.05, 0.1) is 23.5 Å². The number of nitrogens with one attached hydrogen (secondary N) is 1. The number of carbonyl (C=O) groups is 2. The topological polar surface area (TPSA) is 77.5 Å². The summed E-state index contributed by atoms with van der Waals surface area (Å²) in [7, 11) is 3.85. The molecule has 1 fully saturated rings. The molecule has 8 heteroatoms. The lowest BCUT2D eigenvalue weighted by Crippen LogP contribution is -2.50. The zero-order chi connectivity index (χ0) is 28.6. The number of rotatable bonds is 11. The summed E-state index contributed by atoms with van der Waals surface area (Å²) in [5.41, 5.74) is 5.50. The summed E-state index contributed by atoms with van der Waals surface area (Å²) in [6, 6.07) is 5.92. The highest BCUT2D eigenvalue weighted by Gasteiger charge is 2.31. The van der Waals surface area contributed by atoms with Crippen LogP contribution < -0.4 is 5.32 Å². The van der Waals surface area contributed by atoms with E-state index in [1.54, 1.807) is 4.90 Å². The fourth-order valence-corrected chi connectivity index (χ4v) is 4.91. The van der Waals surface area contributed by atoms with E-state index in [0.29, 0.717) is 26.2 Å². The van der Waals surface area contributed by atoms with Gasteiger partial charge in [-0.15, -0.1) is 6.58 Å². The van der Waals surface area contributed by atoms with Gasteiger partial charge in [-0.2, -0.15) is 0 Å². The molecule has 0 saturated carbocycles. The number of nitrogens with zero attached hydrogens (tertiary/aromatic N) is 4. The minimum Gasteiger partial charge on any atom is -0.447 e. The van der Waals surface area contributed by atoms with Gasteiger partial charge in [-0.3, -0.25) is 14.7 Å². The third-order valence-corrected chi connectivity index (χ3v) is 6.71. The van der Waals surface area contributed by atoms with E-state index in [2.05, 4.69) is 60.2 Å². The molecule has 0 spiro atoms. The van der Waals surface area contributed by atoms with Crippen molar-refractivity contribution >= 4 is 24.3 Å². The first kappa shape index (κ1) is 30.8. The highest BCUT2D eigenvalue weighted by Crippen LogP contribution is 2.35. The molecule has 1 saturated heterocycles. The van der Waals surface area contributed by atoms with Crippen molar-refractivity contribution in [3.8, 4) is 0 Å². The van der Waals surface area contributed by atoms with Gasteiger partial charge in [-0.25, -0.2) is 4.79 Å². The summed E-state index contributed by atoms with van der Waals surface area (Å²) in [4.78, 5) is 35.0. The summed E-state index contributed by atoms with van der Waals surface area (Å²) in [6.45, 7) is 24.0. The van der Waals surface area contributed by atoms with Crippen LogP contribution in [0, 0.1) is 6.92 Å². The van der Waals surface area contributed by atoms with Crippen LogP contribution in [0.1, 0.15) is 56.8 Å². The van der Waals surface area contributed by atoms with Crippen molar-refractivity contribution in [3.63, 3.8) is 0 Å². The van der Waals surface area contributed by atoms with Gasteiger partial charge in [0.2, 0.25) is 5.91 Å². The maximum atomic E-state index is 12.4. The SMILES string of the molecule is C=CCC(c1ccc(C)cc1C(=C)C(NC(C)=O)/C(=C(\C)N=C)N(C)C)N1CCN(C(=O)OC(C)C)CC1. The number of carbonyl (C=O) groups excluding carboxylic acids is 2. The van der Waals surface area contributed by atoms with Crippen molar-refractivity contribution in [2.75, 3.05) is 40.3 Å². The molecule has 38 heavy (non-hydrogen) atoms.